The Kier molecular flexibility index (Phi) is 8.75. The number of fused-ring (bicyclic) bond motifs is 1. The van der Waals surface area contributed by atoms with E-state index < -0.39 is 24.0 Å². The van der Waals surface area contributed by atoms with Gasteiger partial charge in [0.2, 0.25) is 5.91 Å². The Morgan fingerprint density at radius 3 is 2.23 bits per heavy atom. The second-order valence-electron chi connectivity index (χ2n) is 9.95. The SMILES string of the molecule is CCCCCCCCOc1ccc([C@H]2[C@@H]3C(=O)N(c4ccc(Cl)c(Cl)c4)C(=O)[C@H]3ON2c2ccccc2)cc1. The molecule has 0 spiro atoms. The first-order valence-electron chi connectivity index (χ1n) is 13.6. The number of unbranched alkanes of at least 4 members (excludes halogenated alkanes) is 5. The maximum atomic E-state index is 13.8. The molecule has 0 radical (unpaired) electrons. The fourth-order valence-electron chi connectivity index (χ4n) is 5.26. The Labute approximate surface area is 239 Å². The van der Waals surface area contributed by atoms with E-state index in [1.165, 1.54) is 31.7 Å². The number of para-hydroxylation sites is 1. The highest BCUT2D eigenvalue weighted by atomic mass is 35.5. The first-order chi connectivity index (χ1) is 19.0. The average Bonchev–Trinajstić information content (AvgIpc) is 3.46. The van der Waals surface area contributed by atoms with Crippen LogP contribution in [-0.2, 0) is 14.4 Å². The van der Waals surface area contributed by atoms with Crippen LogP contribution in [0.5, 0.6) is 5.75 Å². The summed E-state index contributed by atoms with van der Waals surface area (Å²) in [6.45, 7) is 2.89. The van der Waals surface area contributed by atoms with Gasteiger partial charge in [0.1, 0.15) is 11.7 Å². The van der Waals surface area contributed by atoms with Gasteiger partial charge in [0.25, 0.3) is 5.91 Å². The van der Waals surface area contributed by atoms with E-state index in [-0.39, 0.29) is 10.9 Å². The minimum Gasteiger partial charge on any atom is -0.494 e. The van der Waals surface area contributed by atoms with Gasteiger partial charge in [-0.25, -0.2) is 9.96 Å². The van der Waals surface area contributed by atoms with Crippen LogP contribution in [0.25, 0.3) is 0 Å². The fourth-order valence-corrected chi connectivity index (χ4v) is 5.56. The van der Waals surface area contributed by atoms with Crippen molar-refractivity contribution in [3.05, 3.63) is 88.4 Å². The summed E-state index contributed by atoms with van der Waals surface area (Å²) < 4.78 is 5.96. The zero-order valence-corrected chi connectivity index (χ0v) is 23.4. The number of hydrogen-bond donors (Lipinski definition) is 0. The number of hydrogen-bond acceptors (Lipinski definition) is 5. The Balaban J connectivity index is 1.36. The molecule has 0 bridgehead atoms. The van der Waals surface area contributed by atoms with Gasteiger partial charge in [-0.3, -0.25) is 14.4 Å². The first-order valence-corrected chi connectivity index (χ1v) is 14.3. The lowest BCUT2D eigenvalue weighted by atomic mass is 9.90. The zero-order valence-electron chi connectivity index (χ0n) is 21.9. The third-order valence-electron chi connectivity index (χ3n) is 7.28. The van der Waals surface area contributed by atoms with E-state index in [0.717, 1.165) is 34.7 Å². The summed E-state index contributed by atoms with van der Waals surface area (Å²) in [5, 5.41) is 2.30. The van der Waals surface area contributed by atoms with Crippen LogP contribution in [0, 0.1) is 5.92 Å². The van der Waals surface area contributed by atoms with Gasteiger partial charge in [0.05, 0.1) is 34.1 Å². The summed E-state index contributed by atoms with van der Waals surface area (Å²) in [7, 11) is 0. The van der Waals surface area contributed by atoms with Crippen molar-refractivity contribution in [3.63, 3.8) is 0 Å². The van der Waals surface area contributed by atoms with E-state index in [9.17, 15) is 9.59 Å². The summed E-state index contributed by atoms with van der Waals surface area (Å²) in [4.78, 5) is 34.6. The van der Waals surface area contributed by atoms with Crippen molar-refractivity contribution in [2.75, 3.05) is 16.6 Å². The van der Waals surface area contributed by atoms with Crippen LogP contribution >= 0.6 is 23.2 Å². The molecule has 3 aromatic carbocycles. The maximum absolute atomic E-state index is 13.8. The predicted molar refractivity (Wildman–Crippen MR) is 154 cm³/mol. The smallest absolute Gasteiger partial charge is 0.266 e. The van der Waals surface area contributed by atoms with Crippen molar-refractivity contribution < 1.29 is 19.2 Å². The number of anilines is 2. The first kappa shape index (κ1) is 27.5. The van der Waals surface area contributed by atoms with E-state index in [4.69, 9.17) is 32.8 Å². The number of ether oxygens (including phenoxy) is 1. The highest BCUT2D eigenvalue weighted by Crippen LogP contribution is 2.48. The number of halogens is 2. The van der Waals surface area contributed by atoms with Gasteiger partial charge in [-0.1, -0.05) is 92.6 Å². The molecule has 6 nitrogen and oxygen atoms in total. The number of nitrogens with zero attached hydrogens (tertiary/aromatic N) is 2. The lowest BCUT2D eigenvalue weighted by Crippen LogP contribution is -2.37. The molecule has 2 amide bonds. The quantitative estimate of drug-likeness (QED) is 0.175. The van der Waals surface area contributed by atoms with Crippen LogP contribution in [0.2, 0.25) is 10.0 Å². The summed E-state index contributed by atoms with van der Waals surface area (Å²) in [6.07, 6.45) is 6.27. The molecule has 39 heavy (non-hydrogen) atoms. The highest BCUT2D eigenvalue weighted by molar-refractivity contribution is 6.42. The van der Waals surface area contributed by atoms with E-state index in [1.54, 1.807) is 17.2 Å². The molecular weight excluding hydrogens is 535 g/mol. The lowest BCUT2D eigenvalue weighted by molar-refractivity contribution is -0.126. The van der Waals surface area contributed by atoms with Crippen molar-refractivity contribution in [2.45, 2.75) is 57.6 Å². The molecule has 3 atom stereocenters. The topological polar surface area (TPSA) is 59.1 Å². The van der Waals surface area contributed by atoms with Gasteiger partial charge in [-0.05, 0) is 54.4 Å². The van der Waals surface area contributed by atoms with Crippen LogP contribution in [0.15, 0.2) is 72.8 Å². The molecule has 0 aromatic heterocycles. The number of benzene rings is 3. The van der Waals surface area contributed by atoms with Gasteiger partial charge in [0.15, 0.2) is 6.10 Å². The van der Waals surface area contributed by atoms with E-state index in [0.29, 0.717) is 17.3 Å². The molecule has 0 unspecified atom stereocenters. The monoisotopic (exact) mass is 566 g/mol. The largest absolute Gasteiger partial charge is 0.494 e. The summed E-state index contributed by atoms with van der Waals surface area (Å²) in [5.74, 6) is -0.719. The molecule has 5 rings (SSSR count). The van der Waals surface area contributed by atoms with Crippen LogP contribution < -0.4 is 14.7 Å². The Morgan fingerprint density at radius 2 is 1.51 bits per heavy atom. The van der Waals surface area contributed by atoms with Crippen LogP contribution in [0.4, 0.5) is 11.4 Å². The van der Waals surface area contributed by atoms with Crippen LogP contribution in [0.3, 0.4) is 0 Å². The van der Waals surface area contributed by atoms with Crippen molar-refractivity contribution in [1.82, 2.24) is 0 Å². The van der Waals surface area contributed by atoms with E-state index in [1.807, 2.05) is 54.6 Å². The van der Waals surface area contributed by atoms with Gasteiger partial charge in [-0.15, -0.1) is 0 Å². The number of imide groups is 1. The van der Waals surface area contributed by atoms with Gasteiger partial charge < -0.3 is 4.74 Å². The standard InChI is InChI=1S/C31H32Cl2N2O4/c1-2-3-4-5-6-10-19-38-24-16-13-21(14-17-24)28-27-29(39-35(28)22-11-8-7-9-12-22)31(37)34(30(27)36)23-15-18-25(32)26(33)20-23/h7-9,11-18,20,27-29H,2-6,10,19H2,1H3/t27-,28-,29-/m0/s1. The summed E-state index contributed by atoms with van der Waals surface area (Å²) >= 11 is 12.3. The van der Waals surface area contributed by atoms with Crippen molar-refractivity contribution in [1.29, 1.82) is 0 Å². The Bertz CT molecular complexity index is 1300. The predicted octanol–water partition coefficient (Wildman–Crippen LogP) is 7.78. The molecule has 2 aliphatic heterocycles. The number of rotatable bonds is 11. The number of carbonyl (C=O) groups excluding carboxylic acids is 2. The lowest BCUT2D eigenvalue weighted by Gasteiger charge is -2.29. The van der Waals surface area contributed by atoms with Crippen molar-refractivity contribution in [3.8, 4) is 5.75 Å². The molecule has 8 heteroatoms. The molecule has 3 aromatic rings. The minimum atomic E-state index is -0.958. The molecule has 2 fully saturated rings. The average molecular weight is 568 g/mol. The summed E-state index contributed by atoms with van der Waals surface area (Å²) in [5.41, 5.74) is 2.00. The zero-order chi connectivity index (χ0) is 27.4. The van der Waals surface area contributed by atoms with Crippen LogP contribution in [0.1, 0.15) is 57.1 Å². The fraction of sp³-hybridized carbons (Fsp3) is 0.355. The third kappa shape index (κ3) is 5.79. The molecule has 0 N–H and O–H groups in total. The second kappa shape index (κ2) is 12.4. The minimum absolute atomic E-state index is 0.270. The number of carbonyl (C=O) groups is 2. The summed E-state index contributed by atoms with van der Waals surface area (Å²) in [6, 6.07) is 21.5. The Hall–Kier alpha value is -3.06. The molecule has 204 valence electrons. The van der Waals surface area contributed by atoms with E-state index >= 15 is 0 Å². The number of hydroxylamine groups is 1. The molecule has 2 saturated heterocycles. The normalized spacial score (nSPS) is 20.5. The Morgan fingerprint density at radius 1 is 0.795 bits per heavy atom. The van der Waals surface area contributed by atoms with Gasteiger partial charge in [0, 0.05) is 0 Å². The molecule has 0 saturated carbocycles. The highest BCUT2D eigenvalue weighted by Gasteiger charge is 2.60. The third-order valence-corrected chi connectivity index (χ3v) is 8.01. The molecule has 0 aliphatic carbocycles. The molecular formula is C31H32Cl2N2O4. The number of amides is 2. The van der Waals surface area contributed by atoms with Crippen LogP contribution in [-0.4, -0.2) is 24.5 Å². The maximum Gasteiger partial charge on any atom is 0.266 e. The molecule has 2 heterocycles. The van der Waals surface area contributed by atoms with Gasteiger partial charge >= 0.3 is 0 Å². The molecule has 2 aliphatic rings. The van der Waals surface area contributed by atoms with Crippen molar-refractivity contribution >= 4 is 46.4 Å². The second-order valence-corrected chi connectivity index (χ2v) is 10.8. The van der Waals surface area contributed by atoms with E-state index in [2.05, 4.69) is 6.92 Å². The van der Waals surface area contributed by atoms with Gasteiger partial charge in [-0.2, -0.15) is 0 Å². The van der Waals surface area contributed by atoms with Crippen molar-refractivity contribution in [2.24, 2.45) is 5.92 Å².